The van der Waals surface area contributed by atoms with Crippen molar-refractivity contribution in [2.24, 2.45) is 5.92 Å². The minimum atomic E-state index is -0.534. The molecule has 2 fully saturated rings. The summed E-state index contributed by atoms with van der Waals surface area (Å²) in [4.78, 5) is 27.2. The molecule has 3 N–H and O–H groups in total. The number of hydroxylamine groups is 1. The van der Waals surface area contributed by atoms with Crippen molar-refractivity contribution in [2.45, 2.75) is 38.6 Å². The number of nitrogens with one attached hydrogen (secondary N) is 2. The van der Waals surface area contributed by atoms with Gasteiger partial charge in [-0.2, -0.15) is 0 Å². The molecule has 7 nitrogen and oxygen atoms in total. The Morgan fingerprint density at radius 3 is 2.66 bits per heavy atom. The maximum absolute atomic E-state index is 11.6. The molecule has 0 spiro atoms. The fourth-order valence-corrected chi connectivity index (χ4v) is 4.29. The number of benzene rings is 1. The number of amides is 2. The maximum Gasteiger partial charge on any atom is 0.267 e. The molecular weight excluding hydrogens is 368 g/mol. The van der Waals surface area contributed by atoms with Gasteiger partial charge in [0.25, 0.3) is 5.91 Å². The molecule has 1 unspecified atom stereocenters. The van der Waals surface area contributed by atoms with Crippen LogP contribution in [0.1, 0.15) is 38.2 Å². The molecule has 1 aromatic rings. The molecule has 29 heavy (non-hydrogen) atoms. The summed E-state index contributed by atoms with van der Waals surface area (Å²) in [5.41, 5.74) is 3.70. The van der Waals surface area contributed by atoms with Crippen LogP contribution >= 0.6 is 0 Å². The van der Waals surface area contributed by atoms with Crippen molar-refractivity contribution in [1.82, 2.24) is 15.7 Å². The van der Waals surface area contributed by atoms with Gasteiger partial charge in [-0.05, 0) is 55.9 Å². The largest absolute Gasteiger partial charge is 0.371 e. The summed E-state index contributed by atoms with van der Waals surface area (Å²) in [7, 11) is 0. The van der Waals surface area contributed by atoms with Crippen molar-refractivity contribution in [2.75, 3.05) is 37.6 Å². The molecule has 2 saturated heterocycles. The lowest BCUT2D eigenvalue weighted by Crippen LogP contribution is -2.47. The van der Waals surface area contributed by atoms with Gasteiger partial charge in [-0.3, -0.25) is 14.8 Å². The van der Waals surface area contributed by atoms with E-state index >= 15 is 0 Å². The third-order valence-electron chi connectivity index (χ3n) is 5.96. The van der Waals surface area contributed by atoms with E-state index in [9.17, 15) is 9.59 Å². The van der Waals surface area contributed by atoms with Gasteiger partial charge in [0.15, 0.2) is 0 Å². The number of anilines is 1. The summed E-state index contributed by atoms with van der Waals surface area (Å²) in [5, 5.41) is 12.4. The molecular formula is C22H32N4O3. The second-order valence-electron chi connectivity index (χ2n) is 8.01. The van der Waals surface area contributed by atoms with Crippen LogP contribution in [-0.4, -0.2) is 60.7 Å². The van der Waals surface area contributed by atoms with Crippen molar-refractivity contribution in [3.63, 3.8) is 0 Å². The number of likely N-dealkylation sites (tertiary alicyclic amines) is 1. The highest BCUT2D eigenvalue weighted by molar-refractivity contribution is 5.91. The second kappa shape index (κ2) is 10.4. The average molecular weight is 401 g/mol. The lowest BCUT2D eigenvalue weighted by atomic mass is 9.96. The van der Waals surface area contributed by atoms with E-state index in [0.29, 0.717) is 12.0 Å². The van der Waals surface area contributed by atoms with E-state index in [4.69, 9.17) is 5.21 Å². The molecule has 0 bridgehead atoms. The Labute approximate surface area is 172 Å². The minimum Gasteiger partial charge on any atom is -0.371 e. The van der Waals surface area contributed by atoms with E-state index in [-0.39, 0.29) is 5.91 Å². The Kier molecular flexibility index (Phi) is 7.66. The number of rotatable bonds is 6. The topological polar surface area (TPSA) is 84.9 Å². The third-order valence-corrected chi connectivity index (χ3v) is 5.96. The van der Waals surface area contributed by atoms with Crippen LogP contribution in [0, 0.1) is 5.92 Å². The standard InChI is InChI=1S/C22H32N4O3/c1-17(27)26-12-4-5-18(16-26)15-23-20-10-13-25(14-11-20)21-7-3-2-6-19(21)8-9-22(28)24-29/h2-3,6-9,18,20,23,29H,4-5,10-16H2,1H3,(H,24,28)/b9-8+. The van der Waals surface area contributed by atoms with Gasteiger partial charge >= 0.3 is 0 Å². The van der Waals surface area contributed by atoms with E-state index in [2.05, 4.69) is 16.3 Å². The Morgan fingerprint density at radius 2 is 1.93 bits per heavy atom. The smallest absolute Gasteiger partial charge is 0.267 e. The Balaban J connectivity index is 1.49. The molecule has 3 rings (SSSR count). The number of nitrogens with zero attached hydrogens (tertiary/aromatic N) is 2. The third kappa shape index (κ3) is 6.05. The van der Waals surface area contributed by atoms with Crippen molar-refractivity contribution >= 4 is 23.6 Å². The number of carbonyl (C=O) groups excluding carboxylic acids is 2. The highest BCUT2D eigenvalue weighted by atomic mass is 16.5. The van der Waals surface area contributed by atoms with Crippen LogP contribution in [0.5, 0.6) is 0 Å². The molecule has 0 aliphatic carbocycles. The summed E-state index contributed by atoms with van der Waals surface area (Å²) in [6.45, 7) is 6.33. The lowest BCUT2D eigenvalue weighted by molar-refractivity contribution is -0.130. The van der Waals surface area contributed by atoms with Crippen molar-refractivity contribution in [1.29, 1.82) is 0 Å². The SMILES string of the molecule is CC(=O)N1CCCC(CNC2CCN(c3ccccc3/C=C/C(=O)NO)CC2)C1. The molecule has 2 aliphatic heterocycles. The average Bonchev–Trinajstić information content (AvgIpc) is 2.76. The highest BCUT2D eigenvalue weighted by Gasteiger charge is 2.24. The number of piperidine rings is 2. The van der Waals surface area contributed by atoms with Gasteiger partial charge in [0.05, 0.1) is 0 Å². The molecule has 0 aromatic heterocycles. The van der Waals surface area contributed by atoms with Crippen LogP contribution < -0.4 is 15.7 Å². The molecule has 7 heteroatoms. The number of hydrogen-bond donors (Lipinski definition) is 3. The van der Waals surface area contributed by atoms with Gasteiger partial charge in [-0.25, -0.2) is 5.48 Å². The number of carbonyl (C=O) groups is 2. The van der Waals surface area contributed by atoms with Crippen LogP contribution in [0.3, 0.4) is 0 Å². The molecule has 0 radical (unpaired) electrons. The number of hydrogen-bond acceptors (Lipinski definition) is 5. The Morgan fingerprint density at radius 1 is 1.17 bits per heavy atom. The van der Waals surface area contributed by atoms with Gasteiger partial charge in [0.2, 0.25) is 5.91 Å². The number of para-hydroxylation sites is 1. The fraction of sp³-hybridized carbons (Fsp3) is 0.545. The molecule has 2 heterocycles. The first-order chi connectivity index (χ1) is 14.1. The van der Waals surface area contributed by atoms with E-state index < -0.39 is 5.91 Å². The predicted octanol–water partition coefficient (Wildman–Crippen LogP) is 2.02. The molecule has 2 amide bonds. The molecule has 158 valence electrons. The van der Waals surface area contributed by atoms with Crippen molar-refractivity contribution in [3.8, 4) is 0 Å². The van der Waals surface area contributed by atoms with Crippen LogP contribution in [0.4, 0.5) is 5.69 Å². The summed E-state index contributed by atoms with van der Waals surface area (Å²) in [6.07, 6.45) is 7.49. The molecule has 1 atom stereocenters. The van der Waals surface area contributed by atoms with E-state index in [1.165, 1.54) is 12.5 Å². The zero-order valence-electron chi connectivity index (χ0n) is 17.1. The Hall–Kier alpha value is -2.38. The molecule has 0 saturated carbocycles. The summed E-state index contributed by atoms with van der Waals surface area (Å²) >= 11 is 0. The van der Waals surface area contributed by atoms with Crippen molar-refractivity contribution < 1.29 is 14.8 Å². The van der Waals surface area contributed by atoms with E-state index in [1.54, 1.807) is 18.5 Å². The second-order valence-corrected chi connectivity index (χ2v) is 8.01. The molecule has 2 aliphatic rings. The monoisotopic (exact) mass is 400 g/mol. The minimum absolute atomic E-state index is 0.187. The summed E-state index contributed by atoms with van der Waals surface area (Å²) in [5.74, 6) is 0.204. The van der Waals surface area contributed by atoms with Gasteiger partial charge in [-0.1, -0.05) is 18.2 Å². The zero-order valence-corrected chi connectivity index (χ0v) is 17.1. The quantitative estimate of drug-likeness (QED) is 0.387. The lowest BCUT2D eigenvalue weighted by Gasteiger charge is -2.37. The van der Waals surface area contributed by atoms with Gasteiger partial charge in [-0.15, -0.1) is 0 Å². The first kappa shape index (κ1) is 21.3. The normalized spacial score (nSPS) is 20.8. The van der Waals surface area contributed by atoms with Gasteiger partial charge < -0.3 is 15.1 Å². The van der Waals surface area contributed by atoms with Crippen LogP contribution in [0.25, 0.3) is 6.08 Å². The van der Waals surface area contributed by atoms with Crippen LogP contribution in [-0.2, 0) is 9.59 Å². The van der Waals surface area contributed by atoms with E-state index in [1.807, 2.05) is 23.1 Å². The molecule has 1 aromatic carbocycles. The maximum atomic E-state index is 11.6. The van der Waals surface area contributed by atoms with Crippen LogP contribution in [0.15, 0.2) is 30.3 Å². The first-order valence-corrected chi connectivity index (χ1v) is 10.5. The van der Waals surface area contributed by atoms with E-state index in [0.717, 1.165) is 63.2 Å². The van der Waals surface area contributed by atoms with Crippen molar-refractivity contribution in [3.05, 3.63) is 35.9 Å². The zero-order chi connectivity index (χ0) is 20.6. The van der Waals surface area contributed by atoms with Gasteiger partial charge in [0.1, 0.15) is 0 Å². The van der Waals surface area contributed by atoms with Crippen LogP contribution in [0.2, 0.25) is 0 Å². The summed E-state index contributed by atoms with van der Waals surface area (Å²) < 4.78 is 0. The fourth-order valence-electron chi connectivity index (χ4n) is 4.29. The van der Waals surface area contributed by atoms with Gasteiger partial charge in [0, 0.05) is 50.9 Å². The highest BCUT2D eigenvalue weighted by Crippen LogP contribution is 2.25. The summed E-state index contributed by atoms with van der Waals surface area (Å²) in [6, 6.07) is 8.50. The predicted molar refractivity (Wildman–Crippen MR) is 114 cm³/mol. The first-order valence-electron chi connectivity index (χ1n) is 10.5. The Bertz CT molecular complexity index is 729.